The van der Waals surface area contributed by atoms with Crippen LogP contribution in [0.5, 0.6) is 0 Å². The molecule has 7 nitrogen and oxygen atoms in total. The first kappa shape index (κ1) is 23.5. The number of hydrogen-bond donors (Lipinski definition) is 1. The molecule has 1 saturated heterocycles. The van der Waals surface area contributed by atoms with E-state index < -0.39 is 23.1 Å². The van der Waals surface area contributed by atoms with E-state index in [0.717, 1.165) is 6.42 Å². The predicted octanol–water partition coefficient (Wildman–Crippen LogP) is 4.37. The van der Waals surface area contributed by atoms with Crippen molar-refractivity contribution in [1.29, 1.82) is 5.26 Å². The first-order chi connectivity index (χ1) is 17.2. The molecule has 2 fully saturated rings. The second-order valence-electron chi connectivity index (χ2n) is 8.81. The van der Waals surface area contributed by atoms with Crippen molar-refractivity contribution >= 4 is 40.5 Å². The number of nitrogens with zero attached hydrogens (tertiary/aromatic N) is 4. The van der Waals surface area contributed by atoms with Gasteiger partial charge in [-0.15, -0.1) is 0 Å². The number of carbonyl (C=O) groups is 2. The molecule has 2 aromatic carbocycles. The van der Waals surface area contributed by atoms with E-state index in [2.05, 4.69) is 4.98 Å². The molecule has 1 aliphatic heterocycles. The minimum Gasteiger partial charge on any atom is -0.366 e. The highest BCUT2D eigenvalue weighted by Gasteiger charge is 2.60. The zero-order valence-corrected chi connectivity index (χ0v) is 19.9. The zero-order valence-electron chi connectivity index (χ0n) is 19.1. The van der Waals surface area contributed by atoms with Crippen molar-refractivity contribution in [3.8, 4) is 17.2 Å². The van der Waals surface area contributed by atoms with Gasteiger partial charge in [-0.3, -0.25) is 14.5 Å². The second-order valence-corrected chi connectivity index (χ2v) is 9.17. The van der Waals surface area contributed by atoms with Crippen LogP contribution in [-0.2, 0) is 4.79 Å². The van der Waals surface area contributed by atoms with Gasteiger partial charge in [0.25, 0.3) is 11.8 Å². The van der Waals surface area contributed by atoms with Gasteiger partial charge in [-0.1, -0.05) is 12.1 Å². The molecule has 1 aliphatic carbocycles. The lowest BCUT2D eigenvalue weighted by Gasteiger charge is -2.43. The average Bonchev–Trinajstić information content (AvgIpc) is 3.06. The predicted molar refractivity (Wildman–Crippen MR) is 133 cm³/mol. The number of primary amides is 1. The van der Waals surface area contributed by atoms with Gasteiger partial charge < -0.3 is 10.6 Å². The van der Waals surface area contributed by atoms with E-state index in [1.165, 1.54) is 47.5 Å². The normalized spacial score (nSPS) is 16.3. The first-order valence-electron chi connectivity index (χ1n) is 11.1. The molecule has 1 spiro atoms. The number of rotatable bonds is 4. The molecule has 2 amide bonds. The van der Waals surface area contributed by atoms with Gasteiger partial charge in [-0.2, -0.15) is 5.26 Å². The van der Waals surface area contributed by atoms with E-state index in [9.17, 15) is 19.2 Å². The van der Waals surface area contributed by atoms with E-state index >= 15 is 4.39 Å². The number of benzene rings is 2. The summed E-state index contributed by atoms with van der Waals surface area (Å²) in [5.41, 5.74) is 5.77. The molecule has 0 atom stereocenters. The number of pyridine rings is 1. The average molecular weight is 504 g/mol. The quantitative estimate of drug-likeness (QED) is 0.531. The van der Waals surface area contributed by atoms with Crippen LogP contribution in [-0.4, -0.2) is 27.4 Å². The minimum atomic E-state index is -1.05. The molecule has 2 heterocycles. The lowest BCUT2D eigenvalue weighted by Crippen LogP contribution is -2.55. The Kier molecular flexibility index (Phi) is 5.53. The third-order valence-electron chi connectivity index (χ3n) is 6.78. The molecule has 2 aliphatic rings. The summed E-state index contributed by atoms with van der Waals surface area (Å²) in [6.45, 7) is 1.71. The van der Waals surface area contributed by atoms with E-state index in [1.807, 2.05) is 6.07 Å². The number of aryl methyl sites for hydroxylation is 1. The molecule has 0 bridgehead atoms. The van der Waals surface area contributed by atoms with Gasteiger partial charge in [0.1, 0.15) is 28.9 Å². The SMILES string of the molecule is Cc1cc(N2C(=O)C3(CCC3)N(c3ccc(C(N)=O)c(F)c3-c3ccc(F)cc3)C2=S)cnc1C#N. The Morgan fingerprint density at radius 2 is 1.89 bits per heavy atom. The van der Waals surface area contributed by atoms with Crippen molar-refractivity contribution in [1.82, 2.24) is 4.98 Å². The number of nitrogens with two attached hydrogens (primary N) is 1. The van der Waals surface area contributed by atoms with Crippen LogP contribution >= 0.6 is 12.2 Å². The Morgan fingerprint density at radius 3 is 2.44 bits per heavy atom. The summed E-state index contributed by atoms with van der Waals surface area (Å²) < 4.78 is 29.4. The van der Waals surface area contributed by atoms with Crippen LogP contribution in [0.25, 0.3) is 11.1 Å². The summed E-state index contributed by atoms with van der Waals surface area (Å²) in [5, 5.41) is 9.34. The summed E-state index contributed by atoms with van der Waals surface area (Å²) in [6, 6.07) is 11.6. The monoisotopic (exact) mass is 503 g/mol. The number of amides is 2. The van der Waals surface area contributed by atoms with Crippen LogP contribution in [0.1, 0.15) is 40.9 Å². The van der Waals surface area contributed by atoms with Gasteiger partial charge in [0.2, 0.25) is 0 Å². The van der Waals surface area contributed by atoms with Crippen molar-refractivity contribution in [2.75, 3.05) is 9.80 Å². The molecule has 1 aromatic heterocycles. The van der Waals surface area contributed by atoms with E-state index in [0.29, 0.717) is 29.7 Å². The van der Waals surface area contributed by atoms with Crippen LogP contribution in [0, 0.1) is 29.9 Å². The number of halogens is 2. The van der Waals surface area contributed by atoms with Gasteiger partial charge in [0, 0.05) is 5.56 Å². The molecule has 3 aromatic rings. The van der Waals surface area contributed by atoms with Crippen molar-refractivity contribution in [2.24, 2.45) is 5.73 Å². The number of hydrogen-bond acceptors (Lipinski definition) is 5. The van der Waals surface area contributed by atoms with Gasteiger partial charge in [0.05, 0.1) is 23.1 Å². The van der Waals surface area contributed by atoms with Crippen LogP contribution in [0.15, 0.2) is 48.7 Å². The number of nitriles is 1. The molecule has 2 N–H and O–H groups in total. The fraction of sp³-hybridized carbons (Fsp3) is 0.192. The minimum absolute atomic E-state index is 0.0105. The Hall–Kier alpha value is -4.23. The van der Waals surface area contributed by atoms with Crippen molar-refractivity contribution < 1.29 is 18.4 Å². The molecule has 1 saturated carbocycles. The summed E-state index contributed by atoms with van der Waals surface area (Å²) >= 11 is 5.78. The summed E-state index contributed by atoms with van der Waals surface area (Å²) in [6.07, 6.45) is 3.13. The molecule has 10 heteroatoms. The largest absolute Gasteiger partial charge is 0.366 e. The van der Waals surface area contributed by atoms with E-state index in [-0.39, 0.29) is 33.5 Å². The molecule has 5 rings (SSSR count). The highest BCUT2D eigenvalue weighted by Crippen LogP contribution is 2.50. The van der Waals surface area contributed by atoms with Crippen molar-refractivity contribution in [3.63, 3.8) is 0 Å². The van der Waals surface area contributed by atoms with Crippen LogP contribution < -0.4 is 15.5 Å². The number of thiocarbonyl (C=S) groups is 1. The fourth-order valence-electron chi connectivity index (χ4n) is 4.82. The second kappa shape index (κ2) is 8.46. The Balaban J connectivity index is 1.71. The smallest absolute Gasteiger partial charge is 0.259 e. The van der Waals surface area contributed by atoms with Crippen molar-refractivity contribution in [2.45, 2.75) is 31.7 Å². The van der Waals surface area contributed by atoms with E-state index in [1.54, 1.807) is 17.9 Å². The lowest BCUT2D eigenvalue weighted by atomic mass is 9.75. The van der Waals surface area contributed by atoms with Gasteiger partial charge in [0.15, 0.2) is 5.11 Å². The summed E-state index contributed by atoms with van der Waals surface area (Å²) in [5.74, 6) is -2.63. The lowest BCUT2D eigenvalue weighted by molar-refractivity contribution is -0.123. The molecule has 0 unspecified atom stereocenters. The van der Waals surface area contributed by atoms with Gasteiger partial charge in [-0.25, -0.2) is 13.8 Å². The third-order valence-corrected chi connectivity index (χ3v) is 7.14. The number of aromatic nitrogens is 1. The number of carbonyl (C=O) groups excluding carboxylic acids is 2. The topological polar surface area (TPSA) is 103 Å². The van der Waals surface area contributed by atoms with Crippen molar-refractivity contribution in [3.05, 3.63) is 77.1 Å². The molecular weight excluding hydrogens is 484 g/mol. The van der Waals surface area contributed by atoms with Crippen LogP contribution in [0.3, 0.4) is 0 Å². The zero-order chi connectivity index (χ0) is 25.8. The summed E-state index contributed by atoms with van der Waals surface area (Å²) in [7, 11) is 0. The molecule has 36 heavy (non-hydrogen) atoms. The van der Waals surface area contributed by atoms with Gasteiger partial charge >= 0.3 is 0 Å². The van der Waals surface area contributed by atoms with E-state index in [4.69, 9.17) is 18.0 Å². The van der Waals surface area contributed by atoms with Crippen LogP contribution in [0.2, 0.25) is 0 Å². The molecule has 180 valence electrons. The van der Waals surface area contributed by atoms with Gasteiger partial charge in [-0.05, 0) is 79.9 Å². The molecule has 0 radical (unpaired) electrons. The Bertz CT molecular complexity index is 1500. The fourth-order valence-corrected chi connectivity index (χ4v) is 5.28. The standard InChI is InChI=1S/C26H19F2N5O2S/c1-14-11-17(13-31-19(14)12-29)32-24(35)26(9-2-10-26)33(25(32)36)20-8-7-18(23(30)34)22(28)21(20)15-3-5-16(27)6-4-15/h3-8,11,13H,2,9-10H2,1H3,(H2,30,34). The third kappa shape index (κ3) is 3.35. The highest BCUT2D eigenvalue weighted by atomic mass is 32.1. The van der Waals surface area contributed by atoms with Crippen LogP contribution in [0.4, 0.5) is 20.2 Å². The summed E-state index contributed by atoms with van der Waals surface area (Å²) in [4.78, 5) is 32.8. The highest BCUT2D eigenvalue weighted by molar-refractivity contribution is 7.81. The maximum atomic E-state index is 15.8. The Labute approximate surface area is 210 Å². The maximum absolute atomic E-state index is 15.8. The number of anilines is 2. The first-order valence-corrected chi connectivity index (χ1v) is 11.5. The molecular formula is C26H19F2N5O2S. The maximum Gasteiger partial charge on any atom is 0.259 e. The Morgan fingerprint density at radius 1 is 1.19 bits per heavy atom.